The fourth-order valence-corrected chi connectivity index (χ4v) is 2.24. The van der Waals surface area contributed by atoms with Crippen LogP contribution in [0, 0.1) is 3.57 Å². The van der Waals surface area contributed by atoms with E-state index in [1.54, 1.807) is 0 Å². The molecule has 4 heteroatoms. The smallest absolute Gasteiger partial charge is 0.144 e. The molecule has 0 bridgehead atoms. The van der Waals surface area contributed by atoms with Crippen molar-refractivity contribution in [1.29, 1.82) is 0 Å². The summed E-state index contributed by atoms with van der Waals surface area (Å²) >= 11 is 2.29. The van der Waals surface area contributed by atoms with Crippen LogP contribution in [-0.2, 0) is 0 Å². The van der Waals surface area contributed by atoms with Crippen LogP contribution in [0.5, 0.6) is 5.75 Å². The van der Waals surface area contributed by atoms with Crippen LogP contribution in [0.3, 0.4) is 0 Å². The molecular formula is C15H17IN2O. The van der Waals surface area contributed by atoms with Crippen molar-refractivity contribution in [2.75, 3.05) is 11.1 Å². The summed E-state index contributed by atoms with van der Waals surface area (Å²) in [5.41, 5.74) is 8.68. The number of anilines is 3. The molecule has 2 rings (SSSR count). The van der Waals surface area contributed by atoms with Gasteiger partial charge in [-0.25, -0.2) is 0 Å². The maximum Gasteiger partial charge on any atom is 0.144 e. The average molecular weight is 368 g/mol. The molecule has 0 heterocycles. The SMILES string of the molecule is CC(C)Oc1cccc(Nc2ccccc2I)c1N. The van der Waals surface area contributed by atoms with Crippen LogP contribution >= 0.6 is 22.6 Å². The number of benzene rings is 2. The summed E-state index contributed by atoms with van der Waals surface area (Å²) in [4.78, 5) is 0. The first kappa shape index (κ1) is 14.0. The van der Waals surface area contributed by atoms with Gasteiger partial charge in [0.25, 0.3) is 0 Å². The van der Waals surface area contributed by atoms with Gasteiger partial charge in [-0.15, -0.1) is 0 Å². The van der Waals surface area contributed by atoms with Crippen molar-refractivity contribution < 1.29 is 4.74 Å². The van der Waals surface area contributed by atoms with Crippen molar-refractivity contribution >= 4 is 39.7 Å². The lowest BCUT2D eigenvalue weighted by atomic mass is 10.2. The van der Waals surface area contributed by atoms with Gasteiger partial charge in [0.2, 0.25) is 0 Å². The summed E-state index contributed by atoms with van der Waals surface area (Å²) < 4.78 is 6.83. The van der Waals surface area contributed by atoms with Crippen molar-refractivity contribution in [3.63, 3.8) is 0 Å². The maximum atomic E-state index is 6.14. The number of para-hydroxylation sites is 2. The number of hydrogen-bond donors (Lipinski definition) is 2. The molecule has 0 aliphatic heterocycles. The fourth-order valence-electron chi connectivity index (χ4n) is 1.72. The van der Waals surface area contributed by atoms with E-state index in [0.29, 0.717) is 11.4 Å². The molecule has 0 fully saturated rings. The van der Waals surface area contributed by atoms with Crippen LogP contribution in [0.2, 0.25) is 0 Å². The van der Waals surface area contributed by atoms with Crippen LogP contribution in [0.4, 0.5) is 17.1 Å². The van der Waals surface area contributed by atoms with E-state index in [-0.39, 0.29) is 6.10 Å². The molecule has 0 saturated heterocycles. The number of halogens is 1. The number of nitrogens with one attached hydrogen (secondary N) is 1. The highest BCUT2D eigenvalue weighted by atomic mass is 127. The average Bonchev–Trinajstić information content (AvgIpc) is 2.36. The van der Waals surface area contributed by atoms with E-state index >= 15 is 0 Å². The van der Waals surface area contributed by atoms with Gasteiger partial charge >= 0.3 is 0 Å². The summed E-state index contributed by atoms with van der Waals surface area (Å²) in [7, 11) is 0. The molecule has 0 aliphatic carbocycles. The Labute approximate surface area is 127 Å². The van der Waals surface area contributed by atoms with Gasteiger partial charge in [0.1, 0.15) is 5.75 Å². The van der Waals surface area contributed by atoms with Gasteiger partial charge in [0.05, 0.1) is 23.2 Å². The largest absolute Gasteiger partial charge is 0.489 e. The molecule has 2 aromatic carbocycles. The molecule has 3 nitrogen and oxygen atoms in total. The highest BCUT2D eigenvalue weighted by Gasteiger charge is 2.08. The third-order valence-electron chi connectivity index (χ3n) is 2.57. The van der Waals surface area contributed by atoms with E-state index in [4.69, 9.17) is 10.5 Å². The second-order valence-electron chi connectivity index (χ2n) is 4.49. The van der Waals surface area contributed by atoms with E-state index in [2.05, 4.69) is 27.9 Å². The van der Waals surface area contributed by atoms with Crippen LogP contribution in [0.1, 0.15) is 13.8 Å². The Morgan fingerprint density at radius 1 is 1.05 bits per heavy atom. The van der Waals surface area contributed by atoms with Crippen molar-refractivity contribution in [1.82, 2.24) is 0 Å². The topological polar surface area (TPSA) is 47.3 Å². The molecular weight excluding hydrogens is 351 g/mol. The van der Waals surface area contributed by atoms with Crippen LogP contribution < -0.4 is 15.8 Å². The van der Waals surface area contributed by atoms with Gasteiger partial charge in [0.15, 0.2) is 0 Å². The molecule has 0 aromatic heterocycles. The van der Waals surface area contributed by atoms with E-state index in [1.165, 1.54) is 0 Å². The number of ether oxygens (including phenoxy) is 1. The summed E-state index contributed by atoms with van der Waals surface area (Å²) in [5.74, 6) is 0.714. The number of rotatable bonds is 4. The minimum absolute atomic E-state index is 0.106. The fraction of sp³-hybridized carbons (Fsp3) is 0.200. The highest BCUT2D eigenvalue weighted by Crippen LogP contribution is 2.33. The minimum atomic E-state index is 0.106. The standard InChI is InChI=1S/C15H17IN2O/c1-10(2)19-14-9-5-8-13(15(14)17)18-12-7-4-3-6-11(12)16/h3-10,18H,17H2,1-2H3. The predicted octanol–water partition coefficient (Wildman–Crippen LogP) is 4.40. The first-order valence-electron chi connectivity index (χ1n) is 6.14. The monoisotopic (exact) mass is 368 g/mol. The van der Waals surface area contributed by atoms with Gasteiger partial charge in [0, 0.05) is 3.57 Å². The van der Waals surface area contributed by atoms with Crippen LogP contribution in [0.25, 0.3) is 0 Å². The lowest BCUT2D eigenvalue weighted by Crippen LogP contribution is -2.08. The van der Waals surface area contributed by atoms with Crippen molar-refractivity contribution in [2.45, 2.75) is 20.0 Å². The summed E-state index contributed by atoms with van der Waals surface area (Å²) in [6.07, 6.45) is 0.106. The molecule has 19 heavy (non-hydrogen) atoms. The van der Waals surface area contributed by atoms with Gasteiger partial charge in [-0.2, -0.15) is 0 Å². The Morgan fingerprint density at radius 3 is 2.42 bits per heavy atom. The van der Waals surface area contributed by atoms with Gasteiger partial charge in [-0.1, -0.05) is 18.2 Å². The van der Waals surface area contributed by atoms with Gasteiger partial charge in [-0.3, -0.25) is 0 Å². The molecule has 2 aromatic rings. The predicted molar refractivity (Wildman–Crippen MR) is 89.1 cm³/mol. The molecule has 0 amide bonds. The molecule has 0 aliphatic rings. The molecule has 0 unspecified atom stereocenters. The van der Waals surface area contributed by atoms with E-state index < -0.39 is 0 Å². The van der Waals surface area contributed by atoms with Gasteiger partial charge < -0.3 is 15.8 Å². The first-order chi connectivity index (χ1) is 9.08. The van der Waals surface area contributed by atoms with Gasteiger partial charge in [-0.05, 0) is 60.7 Å². The summed E-state index contributed by atoms with van der Waals surface area (Å²) in [5, 5.41) is 3.34. The summed E-state index contributed by atoms with van der Waals surface area (Å²) in [6.45, 7) is 3.97. The molecule has 0 saturated carbocycles. The van der Waals surface area contributed by atoms with Crippen molar-refractivity contribution in [3.05, 3.63) is 46.0 Å². The molecule has 0 spiro atoms. The highest BCUT2D eigenvalue weighted by molar-refractivity contribution is 14.1. The lowest BCUT2D eigenvalue weighted by molar-refractivity contribution is 0.244. The van der Waals surface area contributed by atoms with Crippen molar-refractivity contribution in [2.24, 2.45) is 0 Å². The zero-order valence-electron chi connectivity index (χ0n) is 11.0. The number of nitrogens with two attached hydrogens (primary N) is 1. The van der Waals surface area contributed by atoms with E-state index in [9.17, 15) is 0 Å². The Kier molecular flexibility index (Phi) is 4.52. The maximum absolute atomic E-state index is 6.14. The lowest BCUT2D eigenvalue weighted by Gasteiger charge is -2.16. The third-order valence-corrected chi connectivity index (χ3v) is 3.51. The normalized spacial score (nSPS) is 10.5. The molecule has 100 valence electrons. The molecule has 0 atom stereocenters. The minimum Gasteiger partial charge on any atom is -0.489 e. The molecule has 0 radical (unpaired) electrons. The molecule has 3 N–H and O–H groups in total. The number of hydrogen-bond acceptors (Lipinski definition) is 3. The zero-order valence-corrected chi connectivity index (χ0v) is 13.1. The second-order valence-corrected chi connectivity index (χ2v) is 5.65. The Morgan fingerprint density at radius 2 is 1.74 bits per heavy atom. The Balaban J connectivity index is 2.28. The second kappa shape index (κ2) is 6.14. The quantitative estimate of drug-likeness (QED) is 0.621. The Hall–Kier alpha value is -1.43. The van der Waals surface area contributed by atoms with E-state index in [0.717, 1.165) is 14.9 Å². The first-order valence-corrected chi connectivity index (χ1v) is 7.22. The Bertz CT molecular complexity index is 570. The van der Waals surface area contributed by atoms with E-state index in [1.807, 2.05) is 56.3 Å². The van der Waals surface area contributed by atoms with Crippen LogP contribution in [-0.4, -0.2) is 6.10 Å². The van der Waals surface area contributed by atoms with Crippen molar-refractivity contribution in [3.8, 4) is 5.75 Å². The number of nitrogen functional groups attached to an aromatic ring is 1. The zero-order chi connectivity index (χ0) is 13.8. The third kappa shape index (κ3) is 3.53. The summed E-state index contributed by atoms with van der Waals surface area (Å²) in [6, 6.07) is 13.8. The van der Waals surface area contributed by atoms with Crippen LogP contribution in [0.15, 0.2) is 42.5 Å².